The molecular weight excluding hydrogens is 552 g/mol. The Morgan fingerprint density at radius 3 is 2.54 bits per heavy atom. The van der Waals surface area contributed by atoms with E-state index in [0.717, 1.165) is 0 Å². The summed E-state index contributed by atoms with van der Waals surface area (Å²) in [4.78, 5) is 35.9. The predicted molar refractivity (Wildman–Crippen MR) is 146 cm³/mol. The van der Waals surface area contributed by atoms with Gasteiger partial charge in [-0.1, -0.05) is 6.07 Å². The second kappa shape index (κ2) is 11.6. The Bertz CT molecular complexity index is 1420. The smallest absolute Gasteiger partial charge is 0.442 e. The van der Waals surface area contributed by atoms with Crippen molar-refractivity contribution >= 4 is 44.0 Å². The Morgan fingerprint density at radius 2 is 1.90 bits per heavy atom. The van der Waals surface area contributed by atoms with Crippen molar-refractivity contribution in [2.75, 3.05) is 35.8 Å². The van der Waals surface area contributed by atoms with E-state index in [4.69, 9.17) is 4.74 Å². The number of carbonyl (C=O) groups excluding carboxylic acids is 2. The normalized spacial score (nSPS) is 17.9. The Morgan fingerprint density at radius 1 is 1.21 bits per heavy atom. The summed E-state index contributed by atoms with van der Waals surface area (Å²) in [6, 6.07) is 6.03. The predicted octanol–water partition coefficient (Wildman–Crippen LogP) is 4.79. The lowest BCUT2D eigenvalue weighted by Crippen LogP contribution is -2.30. The van der Waals surface area contributed by atoms with Gasteiger partial charge in [-0.2, -0.15) is 0 Å². The van der Waals surface area contributed by atoms with Crippen LogP contribution in [0.5, 0.6) is 0 Å². The van der Waals surface area contributed by atoms with Crippen molar-refractivity contribution in [1.82, 2.24) is 9.97 Å². The van der Waals surface area contributed by atoms with Gasteiger partial charge in [0.25, 0.3) is 5.91 Å². The summed E-state index contributed by atoms with van der Waals surface area (Å²) < 4.78 is 62.3. The molecule has 0 bridgehead atoms. The van der Waals surface area contributed by atoms with Crippen LogP contribution in [0.15, 0.2) is 38.7 Å². The van der Waals surface area contributed by atoms with Crippen molar-refractivity contribution in [1.29, 1.82) is 0 Å². The van der Waals surface area contributed by atoms with Crippen molar-refractivity contribution in [3.63, 3.8) is 0 Å². The molecule has 0 radical (unpaired) electrons. The third kappa shape index (κ3) is 8.24. The monoisotopic (exact) mass is 585 g/mol. The van der Waals surface area contributed by atoms with E-state index in [2.05, 4.69) is 19.6 Å². The Labute approximate surface area is 229 Å². The van der Waals surface area contributed by atoms with Crippen molar-refractivity contribution in [2.24, 2.45) is 4.36 Å². The van der Waals surface area contributed by atoms with Crippen LogP contribution in [0.2, 0.25) is 0 Å². The lowest BCUT2D eigenvalue weighted by molar-refractivity contribution is -0.0102. The zero-order valence-electron chi connectivity index (χ0n) is 22.7. The first-order valence-corrected chi connectivity index (χ1v) is 15.7. The van der Waals surface area contributed by atoms with E-state index in [9.17, 15) is 26.8 Å². The average Bonchev–Trinajstić information content (AvgIpc) is 2.97. The van der Waals surface area contributed by atoms with Crippen molar-refractivity contribution < 1.29 is 31.5 Å². The quantitative estimate of drug-likeness (QED) is 0.496. The molecular formula is C25H33F2N5O5S2. The molecule has 1 N–H and O–H groups in total. The summed E-state index contributed by atoms with van der Waals surface area (Å²) in [6.07, 6.45) is 1.21. The number of ether oxygens (including phenoxy) is 1. The molecule has 14 heteroatoms. The maximum Gasteiger partial charge on any atom is 0.442 e. The number of benzene rings is 1. The number of carbonyl (C=O) groups is 2. The Kier molecular flexibility index (Phi) is 9.10. The molecule has 1 unspecified atom stereocenters. The highest BCUT2D eigenvalue weighted by molar-refractivity contribution is 7.93. The molecule has 1 aliphatic heterocycles. The first-order valence-electron chi connectivity index (χ1n) is 12.2. The number of rotatable bonds is 5. The van der Waals surface area contributed by atoms with Gasteiger partial charge in [-0.25, -0.2) is 27.8 Å². The van der Waals surface area contributed by atoms with E-state index in [0.29, 0.717) is 0 Å². The van der Waals surface area contributed by atoms with Gasteiger partial charge in [0.2, 0.25) is 11.1 Å². The van der Waals surface area contributed by atoms with Crippen molar-refractivity contribution in [2.45, 2.75) is 68.5 Å². The third-order valence-corrected chi connectivity index (χ3v) is 8.05. The topological polar surface area (TPSA) is 131 Å². The minimum Gasteiger partial charge on any atom is -0.442 e. The average molecular weight is 586 g/mol. The highest BCUT2D eigenvalue weighted by Gasteiger charge is 2.34. The summed E-state index contributed by atoms with van der Waals surface area (Å²) in [5.41, 5.74) is -0.279. The van der Waals surface area contributed by atoms with Gasteiger partial charge in [0.15, 0.2) is 0 Å². The number of aromatic nitrogens is 2. The van der Waals surface area contributed by atoms with E-state index < -0.39 is 50.5 Å². The SMILES string of the molecule is Cc1nc(S(C)=O)nc(N2CCCC(F)(F)CC2)c1C(=O)Nc1cccc([S@@](C)(=O)=NC(=O)OC(C)(C)C)c1. The lowest BCUT2D eigenvalue weighted by atomic mass is 10.1. The standard InChI is InChI=1S/C25H33F2N5O5S2/c1-16-19(20(30-22(28-16)38(5)35)32-13-8-11-25(26,27)12-14-32)21(33)29-17-9-7-10-18(15-17)39(6,36)31-23(34)37-24(2,3)4/h7,9-10,15H,8,11-14H2,1-6H3,(H,29,33)/t38?,39-/m1/s1. The summed E-state index contributed by atoms with van der Waals surface area (Å²) >= 11 is 0. The van der Waals surface area contributed by atoms with Gasteiger partial charge >= 0.3 is 6.09 Å². The number of halogens is 2. The maximum atomic E-state index is 14.0. The van der Waals surface area contributed by atoms with Gasteiger partial charge in [0.05, 0.1) is 26.2 Å². The van der Waals surface area contributed by atoms with Crippen LogP contribution < -0.4 is 10.2 Å². The first-order chi connectivity index (χ1) is 18.0. The van der Waals surface area contributed by atoms with E-state index in [1.807, 2.05) is 0 Å². The number of alkyl halides is 2. The number of nitrogens with zero attached hydrogens (tertiary/aromatic N) is 4. The molecule has 2 amide bonds. The van der Waals surface area contributed by atoms with E-state index in [-0.39, 0.29) is 58.7 Å². The Hall–Kier alpha value is -3.00. The molecule has 39 heavy (non-hydrogen) atoms. The molecule has 1 aliphatic rings. The number of amides is 2. The highest BCUT2D eigenvalue weighted by Crippen LogP contribution is 2.32. The molecule has 2 atom stereocenters. The molecule has 214 valence electrons. The third-order valence-electron chi connectivity index (χ3n) is 5.72. The number of anilines is 2. The molecule has 2 heterocycles. The van der Waals surface area contributed by atoms with Gasteiger partial charge in [0.1, 0.15) is 17.0 Å². The van der Waals surface area contributed by atoms with Crippen LogP contribution in [0.1, 0.15) is 56.1 Å². The van der Waals surface area contributed by atoms with Crippen LogP contribution >= 0.6 is 0 Å². The van der Waals surface area contributed by atoms with E-state index in [1.165, 1.54) is 24.6 Å². The van der Waals surface area contributed by atoms with Gasteiger partial charge < -0.3 is 15.0 Å². The zero-order chi connectivity index (χ0) is 29.2. The molecule has 0 saturated carbocycles. The minimum atomic E-state index is -3.21. The maximum absolute atomic E-state index is 14.0. The highest BCUT2D eigenvalue weighted by atomic mass is 32.2. The summed E-state index contributed by atoms with van der Waals surface area (Å²) in [7, 11) is -4.77. The van der Waals surface area contributed by atoms with Crippen LogP contribution in [0.4, 0.5) is 25.1 Å². The van der Waals surface area contributed by atoms with Crippen LogP contribution in [0.3, 0.4) is 0 Å². The molecule has 10 nitrogen and oxygen atoms in total. The lowest BCUT2D eigenvalue weighted by Gasteiger charge is -2.25. The molecule has 1 aromatic heterocycles. The summed E-state index contributed by atoms with van der Waals surface area (Å²) in [6.45, 7) is 6.74. The van der Waals surface area contributed by atoms with Crippen LogP contribution in [-0.2, 0) is 25.3 Å². The number of hydrogen-bond donors (Lipinski definition) is 1. The largest absolute Gasteiger partial charge is 0.442 e. The fourth-order valence-corrected chi connectivity index (χ4v) is 5.49. The van der Waals surface area contributed by atoms with Crippen molar-refractivity contribution in [3.05, 3.63) is 35.5 Å². The fourth-order valence-electron chi connectivity index (χ4n) is 3.91. The number of hydrogen-bond acceptors (Lipinski definition) is 8. The molecule has 0 spiro atoms. The Balaban J connectivity index is 1.96. The number of nitrogens with one attached hydrogen (secondary N) is 1. The molecule has 0 aliphatic carbocycles. The molecule has 1 saturated heterocycles. The van der Waals surface area contributed by atoms with Gasteiger partial charge in [-0.15, -0.1) is 4.36 Å². The molecule has 3 rings (SSSR count). The van der Waals surface area contributed by atoms with Gasteiger partial charge in [0, 0.05) is 49.0 Å². The second-order valence-corrected chi connectivity index (χ2v) is 13.8. The van der Waals surface area contributed by atoms with Crippen LogP contribution in [-0.4, -0.2) is 67.5 Å². The van der Waals surface area contributed by atoms with Crippen LogP contribution in [0.25, 0.3) is 0 Å². The minimum absolute atomic E-state index is 0.00784. The summed E-state index contributed by atoms with van der Waals surface area (Å²) in [5.74, 6) is -3.33. The van der Waals surface area contributed by atoms with Gasteiger partial charge in [-0.3, -0.25) is 9.00 Å². The van der Waals surface area contributed by atoms with Gasteiger partial charge in [-0.05, 0) is 52.3 Å². The summed E-state index contributed by atoms with van der Waals surface area (Å²) in [5, 5.41) is 2.70. The number of aryl methyl sites for hydroxylation is 1. The fraction of sp³-hybridized carbons (Fsp3) is 0.520. The van der Waals surface area contributed by atoms with E-state index >= 15 is 0 Å². The first kappa shape index (κ1) is 30.5. The second-order valence-electron chi connectivity index (χ2n) is 10.3. The zero-order valence-corrected chi connectivity index (χ0v) is 24.4. The molecule has 1 fully saturated rings. The van der Waals surface area contributed by atoms with Crippen molar-refractivity contribution in [3.8, 4) is 0 Å². The van der Waals surface area contributed by atoms with Crippen LogP contribution in [0, 0.1) is 6.92 Å². The molecule has 1 aromatic carbocycles. The van der Waals surface area contributed by atoms with E-state index in [1.54, 1.807) is 44.7 Å². The molecule has 2 aromatic rings.